The van der Waals surface area contributed by atoms with Gasteiger partial charge in [0.2, 0.25) is 0 Å². The molecule has 1 spiro atoms. The van der Waals surface area contributed by atoms with E-state index in [0.29, 0.717) is 0 Å². The molecule has 2 aromatic heterocycles. The van der Waals surface area contributed by atoms with Gasteiger partial charge in [0.1, 0.15) is 5.60 Å². The molecule has 3 aliphatic rings. The molecule has 5 rings (SSSR count). The molecule has 0 radical (unpaired) electrons. The van der Waals surface area contributed by atoms with Crippen LogP contribution in [0.15, 0.2) is 30.6 Å². The van der Waals surface area contributed by atoms with Crippen molar-refractivity contribution in [2.75, 3.05) is 32.8 Å². The summed E-state index contributed by atoms with van der Waals surface area (Å²) in [5.74, 6) is 0.223. The summed E-state index contributed by atoms with van der Waals surface area (Å²) in [4.78, 5) is 23.8. The van der Waals surface area contributed by atoms with Gasteiger partial charge in [0.25, 0.3) is 5.91 Å². The molecule has 2 saturated heterocycles. The van der Waals surface area contributed by atoms with Crippen LogP contribution in [0.2, 0.25) is 0 Å². The summed E-state index contributed by atoms with van der Waals surface area (Å²) >= 11 is 1.70. The van der Waals surface area contributed by atoms with E-state index < -0.39 is 0 Å². The number of carbonyl (C=O) groups excluding carboxylic acids is 1. The van der Waals surface area contributed by atoms with Gasteiger partial charge in [0.05, 0.1) is 11.5 Å². The van der Waals surface area contributed by atoms with Crippen LogP contribution in [0.5, 0.6) is 0 Å². The smallest absolute Gasteiger partial charge is 0.263 e. The number of ether oxygens (including phenoxy) is 1. The fourth-order valence-corrected chi connectivity index (χ4v) is 6.18. The summed E-state index contributed by atoms with van der Waals surface area (Å²) in [6, 6.07) is 6.30. The third-order valence-corrected chi connectivity index (χ3v) is 7.72. The molecule has 0 aromatic carbocycles. The van der Waals surface area contributed by atoms with Gasteiger partial charge >= 0.3 is 0 Å². The van der Waals surface area contributed by atoms with Gasteiger partial charge in [0.15, 0.2) is 0 Å². The number of likely N-dealkylation sites (tertiary alicyclic amines) is 2. The van der Waals surface area contributed by atoms with E-state index in [1.165, 1.54) is 16.0 Å². The van der Waals surface area contributed by atoms with Crippen molar-refractivity contribution >= 4 is 17.2 Å². The molecular weight excluding hydrogens is 370 g/mol. The lowest BCUT2D eigenvalue weighted by Crippen LogP contribution is -2.45. The Labute approximate surface area is 170 Å². The number of rotatable bonds is 3. The molecular formula is C22H27N3O2S. The number of thiophene rings is 1. The minimum absolute atomic E-state index is 0.187. The van der Waals surface area contributed by atoms with E-state index in [9.17, 15) is 4.79 Å². The lowest BCUT2D eigenvalue weighted by Gasteiger charge is -2.43. The van der Waals surface area contributed by atoms with Gasteiger partial charge in [-0.3, -0.25) is 14.7 Å². The zero-order valence-electron chi connectivity index (χ0n) is 16.2. The summed E-state index contributed by atoms with van der Waals surface area (Å²) in [5.41, 5.74) is 2.42. The van der Waals surface area contributed by atoms with Crippen molar-refractivity contribution in [3.8, 4) is 0 Å². The predicted octanol–water partition coefficient (Wildman–Crippen LogP) is 3.44. The molecule has 148 valence electrons. The van der Waals surface area contributed by atoms with Crippen molar-refractivity contribution in [3.05, 3.63) is 51.5 Å². The van der Waals surface area contributed by atoms with Crippen LogP contribution < -0.4 is 0 Å². The highest BCUT2D eigenvalue weighted by molar-refractivity contribution is 7.14. The highest BCUT2D eigenvalue weighted by Gasteiger charge is 2.43. The summed E-state index contributed by atoms with van der Waals surface area (Å²) < 4.78 is 6.40. The molecule has 6 heteroatoms. The van der Waals surface area contributed by atoms with E-state index in [2.05, 4.69) is 22.0 Å². The van der Waals surface area contributed by atoms with Crippen LogP contribution in [0.4, 0.5) is 0 Å². The average molecular weight is 398 g/mol. The standard InChI is InChI=1S/C22H27N3O2S/c26-21(25-9-1-2-10-25)19-14-18-5-13-27-22(20(18)28-19)6-11-24(12-7-22)16-17-4-3-8-23-15-17/h3-4,8,14-15H,1-2,5-7,9-13,16H2. The first-order valence-corrected chi connectivity index (χ1v) is 11.2. The lowest BCUT2D eigenvalue weighted by atomic mass is 9.85. The molecule has 28 heavy (non-hydrogen) atoms. The van der Waals surface area contributed by atoms with E-state index in [1.54, 1.807) is 11.3 Å². The Kier molecular flexibility index (Phi) is 4.95. The first kappa shape index (κ1) is 18.3. The number of piperidine rings is 1. The Morgan fingerprint density at radius 3 is 2.79 bits per heavy atom. The van der Waals surface area contributed by atoms with Crippen molar-refractivity contribution in [2.45, 2.75) is 44.2 Å². The van der Waals surface area contributed by atoms with Gasteiger partial charge < -0.3 is 9.64 Å². The quantitative estimate of drug-likeness (QED) is 0.796. The van der Waals surface area contributed by atoms with Crippen molar-refractivity contribution in [2.24, 2.45) is 0 Å². The first-order chi connectivity index (χ1) is 13.7. The number of nitrogens with zero attached hydrogens (tertiary/aromatic N) is 3. The minimum atomic E-state index is -0.187. The van der Waals surface area contributed by atoms with E-state index in [4.69, 9.17) is 4.74 Å². The van der Waals surface area contributed by atoms with Crippen molar-refractivity contribution in [1.82, 2.24) is 14.8 Å². The molecule has 1 amide bonds. The van der Waals surface area contributed by atoms with Crippen molar-refractivity contribution < 1.29 is 9.53 Å². The Morgan fingerprint density at radius 2 is 2.04 bits per heavy atom. The second-order valence-corrected chi connectivity index (χ2v) is 9.25. The monoisotopic (exact) mass is 397 g/mol. The number of aromatic nitrogens is 1. The molecule has 3 aliphatic heterocycles. The summed E-state index contributed by atoms with van der Waals surface area (Å²) in [6.07, 6.45) is 8.98. The Bertz CT molecular complexity index is 837. The summed E-state index contributed by atoms with van der Waals surface area (Å²) in [7, 11) is 0. The van der Waals surface area contributed by atoms with Gasteiger partial charge in [-0.25, -0.2) is 0 Å². The van der Waals surface area contributed by atoms with Gasteiger partial charge in [0, 0.05) is 50.0 Å². The van der Waals surface area contributed by atoms with E-state index >= 15 is 0 Å². The third-order valence-electron chi connectivity index (χ3n) is 6.37. The van der Waals surface area contributed by atoms with E-state index in [0.717, 1.165) is 76.3 Å². The molecule has 0 atom stereocenters. The van der Waals surface area contributed by atoms with Crippen LogP contribution in [-0.4, -0.2) is 53.5 Å². The van der Waals surface area contributed by atoms with Crippen LogP contribution in [0.1, 0.15) is 51.4 Å². The zero-order chi connectivity index (χ0) is 19.0. The van der Waals surface area contributed by atoms with Crippen LogP contribution in [0, 0.1) is 0 Å². The summed E-state index contributed by atoms with van der Waals surface area (Å²) in [6.45, 7) is 5.56. The van der Waals surface area contributed by atoms with Crippen molar-refractivity contribution in [1.29, 1.82) is 0 Å². The molecule has 0 unspecified atom stereocenters. The highest BCUT2D eigenvalue weighted by atomic mass is 32.1. The van der Waals surface area contributed by atoms with Gasteiger partial charge in [-0.05, 0) is 55.4 Å². The fourth-order valence-electron chi connectivity index (χ4n) is 4.80. The molecule has 2 aromatic rings. The normalized spacial score (nSPS) is 21.8. The zero-order valence-corrected chi connectivity index (χ0v) is 17.0. The van der Waals surface area contributed by atoms with Crippen LogP contribution >= 0.6 is 11.3 Å². The fraction of sp³-hybridized carbons (Fsp3) is 0.545. The second-order valence-electron chi connectivity index (χ2n) is 8.19. The van der Waals surface area contributed by atoms with Gasteiger partial charge in [-0.2, -0.15) is 0 Å². The molecule has 0 bridgehead atoms. The largest absolute Gasteiger partial charge is 0.369 e. The number of pyridine rings is 1. The topological polar surface area (TPSA) is 45.7 Å². The van der Waals surface area contributed by atoms with Crippen LogP contribution in [0.25, 0.3) is 0 Å². The number of carbonyl (C=O) groups is 1. The van der Waals surface area contributed by atoms with Crippen LogP contribution in [0.3, 0.4) is 0 Å². The number of amides is 1. The highest BCUT2D eigenvalue weighted by Crippen LogP contribution is 2.45. The first-order valence-electron chi connectivity index (χ1n) is 10.4. The Balaban J connectivity index is 1.31. The Morgan fingerprint density at radius 1 is 1.21 bits per heavy atom. The number of hydrogen-bond acceptors (Lipinski definition) is 5. The Hall–Kier alpha value is -1.76. The molecule has 0 N–H and O–H groups in total. The predicted molar refractivity (Wildman–Crippen MR) is 110 cm³/mol. The minimum Gasteiger partial charge on any atom is -0.369 e. The maximum absolute atomic E-state index is 12.9. The molecule has 5 heterocycles. The average Bonchev–Trinajstić information content (AvgIpc) is 3.41. The SMILES string of the molecule is O=C(c1cc2c(s1)C1(CCN(Cc3cccnc3)CC1)OCC2)N1CCCC1. The number of hydrogen-bond donors (Lipinski definition) is 0. The molecule has 0 aliphatic carbocycles. The maximum atomic E-state index is 12.9. The van der Waals surface area contributed by atoms with E-state index in [1.807, 2.05) is 23.4 Å². The van der Waals surface area contributed by atoms with E-state index in [-0.39, 0.29) is 11.5 Å². The second kappa shape index (κ2) is 7.58. The molecule has 2 fully saturated rings. The summed E-state index contributed by atoms with van der Waals surface area (Å²) in [5, 5.41) is 0. The molecule has 5 nitrogen and oxygen atoms in total. The van der Waals surface area contributed by atoms with Crippen molar-refractivity contribution in [3.63, 3.8) is 0 Å². The van der Waals surface area contributed by atoms with Gasteiger partial charge in [-0.15, -0.1) is 11.3 Å². The lowest BCUT2D eigenvalue weighted by molar-refractivity contribution is -0.0960. The third kappa shape index (κ3) is 3.38. The molecule has 0 saturated carbocycles. The maximum Gasteiger partial charge on any atom is 0.263 e. The van der Waals surface area contributed by atoms with Gasteiger partial charge in [-0.1, -0.05) is 6.07 Å². The number of fused-ring (bicyclic) bond motifs is 2. The van der Waals surface area contributed by atoms with Crippen LogP contribution in [-0.2, 0) is 23.3 Å².